The summed E-state index contributed by atoms with van der Waals surface area (Å²) in [5.74, 6) is 2.84. The maximum atomic E-state index is 11.3. The van der Waals surface area contributed by atoms with Gasteiger partial charge in [0.15, 0.2) is 0 Å². The van der Waals surface area contributed by atoms with Gasteiger partial charge in [-0.2, -0.15) is 5.10 Å². The average Bonchev–Trinajstić information content (AvgIpc) is 3.23. The molecule has 2 fully saturated rings. The molecule has 0 amide bonds. The van der Waals surface area contributed by atoms with Crippen molar-refractivity contribution in [3.05, 3.63) is 52.9 Å². The molecule has 1 heterocycles. The molecule has 0 unspecified atom stereocenters. The highest BCUT2D eigenvalue weighted by molar-refractivity contribution is 5.54. The molecule has 3 aliphatic rings. The van der Waals surface area contributed by atoms with Crippen LogP contribution < -0.4 is 4.74 Å². The number of benzene rings is 1. The van der Waals surface area contributed by atoms with Gasteiger partial charge in [-0.25, -0.2) is 0 Å². The standard InChI is InChI=1S/C25H32N2O2/c1-4-29-19-6-8-20-17(12-19)5-7-22-21(20)9-10-25(2)23(22)13-18(24(25)28)11-16-14-26-27(3)15-16/h6,8,11-12,14-15,21-24,28H,4-5,7,9-10,13H2,1-3H3/b18-11+/t21-,22-,23-,24+,25-/m1/s1. The lowest BCUT2D eigenvalue weighted by atomic mass is 9.55. The molecule has 5 rings (SSSR count). The molecule has 2 aromatic rings. The van der Waals surface area contributed by atoms with Crippen LogP contribution in [0.2, 0.25) is 0 Å². The summed E-state index contributed by atoms with van der Waals surface area (Å²) in [4.78, 5) is 0. The van der Waals surface area contributed by atoms with Crippen LogP contribution in [-0.4, -0.2) is 27.6 Å². The Morgan fingerprint density at radius 1 is 1.34 bits per heavy atom. The van der Waals surface area contributed by atoms with Crippen molar-refractivity contribution in [1.29, 1.82) is 0 Å². The van der Waals surface area contributed by atoms with Crippen molar-refractivity contribution in [3.8, 4) is 5.75 Å². The molecule has 154 valence electrons. The van der Waals surface area contributed by atoms with E-state index in [0.717, 1.165) is 37.2 Å². The van der Waals surface area contributed by atoms with Gasteiger partial charge in [-0.15, -0.1) is 0 Å². The first-order chi connectivity index (χ1) is 14.0. The number of ether oxygens (including phenoxy) is 1. The minimum atomic E-state index is -0.338. The molecule has 0 spiro atoms. The van der Waals surface area contributed by atoms with E-state index in [2.05, 4.69) is 36.3 Å². The van der Waals surface area contributed by atoms with Crippen LogP contribution >= 0.6 is 0 Å². The second-order valence-electron chi connectivity index (χ2n) is 9.53. The smallest absolute Gasteiger partial charge is 0.119 e. The molecule has 0 saturated heterocycles. The molecule has 4 heteroatoms. The lowest BCUT2D eigenvalue weighted by Gasteiger charge is -2.49. The minimum Gasteiger partial charge on any atom is -0.494 e. The van der Waals surface area contributed by atoms with Crippen molar-refractivity contribution < 1.29 is 9.84 Å². The highest BCUT2D eigenvalue weighted by atomic mass is 16.5. The second-order valence-corrected chi connectivity index (χ2v) is 9.53. The van der Waals surface area contributed by atoms with Crippen molar-refractivity contribution in [1.82, 2.24) is 9.78 Å². The first-order valence-corrected chi connectivity index (χ1v) is 11.1. The summed E-state index contributed by atoms with van der Waals surface area (Å²) in [6.45, 7) is 5.09. The fraction of sp³-hybridized carbons (Fsp3) is 0.560. The van der Waals surface area contributed by atoms with E-state index in [4.69, 9.17) is 4.74 Å². The summed E-state index contributed by atoms with van der Waals surface area (Å²) in [6, 6.07) is 6.73. The van der Waals surface area contributed by atoms with Gasteiger partial charge in [0.25, 0.3) is 0 Å². The normalized spacial score (nSPS) is 34.6. The van der Waals surface area contributed by atoms with Gasteiger partial charge in [0.05, 0.1) is 18.9 Å². The summed E-state index contributed by atoms with van der Waals surface area (Å²) in [7, 11) is 1.94. The predicted octanol–water partition coefficient (Wildman–Crippen LogP) is 4.73. The largest absolute Gasteiger partial charge is 0.494 e. The van der Waals surface area contributed by atoms with Crippen molar-refractivity contribution >= 4 is 6.08 Å². The maximum Gasteiger partial charge on any atom is 0.119 e. The Labute approximate surface area is 173 Å². The first-order valence-electron chi connectivity index (χ1n) is 11.1. The third kappa shape index (κ3) is 3.04. The van der Waals surface area contributed by atoms with E-state index in [0.29, 0.717) is 17.8 Å². The van der Waals surface area contributed by atoms with Gasteiger partial charge >= 0.3 is 0 Å². The molecule has 0 aliphatic heterocycles. The predicted molar refractivity (Wildman–Crippen MR) is 115 cm³/mol. The average molecular weight is 393 g/mol. The van der Waals surface area contributed by atoms with E-state index in [-0.39, 0.29) is 11.5 Å². The summed E-state index contributed by atoms with van der Waals surface area (Å²) >= 11 is 0. The van der Waals surface area contributed by atoms with Gasteiger partial charge in [-0.05, 0) is 85.6 Å². The highest BCUT2D eigenvalue weighted by Gasteiger charge is 2.56. The van der Waals surface area contributed by atoms with Gasteiger partial charge in [0, 0.05) is 24.2 Å². The molecule has 29 heavy (non-hydrogen) atoms. The van der Waals surface area contributed by atoms with Crippen molar-refractivity contribution in [3.63, 3.8) is 0 Å². The number of aliphatic hydroxyl groups excluding tert-OH is 1. The fourth-order valence-corrected chi connectivity index (χ4v) is 6.54. The van der Waals surface area contributed by atoms with Crippen molar-refractivity contribution in [2.45, 2.75) is 58.0 Å². The van der Waals surface area contributed by atoms with Crippen LogP contribution in [0.3, 0.4) is 0 Å². The number of aryl methyl sites for hydroxylation is 2. The van der Waals surface area contributed by atoms with Crippen LogP contribution in [0, 0.1) is 17.3 Å². The summed E-state index contributed by atoms with van der Waals surface area (Å²) in [5, 5.41) is 15.6. The fourth-order valence-electron chi connectivity index (χ4n) is 6.54. The van der Waals surface area contributed by atoms with Gasteiger partial charge < -0.3 is 9.84 Å². The van der Waals surface area contributed by atoms with E-state index in [1.807, 2.05) is 31.0 Å². The Morgan fingerprint density at radius 3 is 2.97 bits per heavy atom. The van der Waals surface area contributed by atoms with E-state index >= 15 is 0 Å². The Bertz CT molecular complexity index is 946. The molecular formula is C25H32N2O2. The zero-order valence-corrected chi connectivity index (χ0v) is 17.8. The quantitative estimate of drug-likeness (QED) is 0.821. The monoisotopic (exact) mass is 392 g/mol. The van der Waals surface area contributed by atoms with Crippen LogP contribution in [0.5, 0.6) is 5.75 Å². The highest BCUT2D eigenvalue weighted by Crippen LogP contribution is 2.62. The summed E-state index contributed by atoms with van der Waals surface area (Å²) < 4.78 is 7.56. The molecule has 1 aromatic carbocycles. The van der Waals surface area contributed by atoms with Crippen molar-refractivity contribution in [2.24, 2.45) is 24.3 Å². The van der Waals surface area contributed by atoms with Crippen LogP contribution in [0.4, 0.5) is 0 Å². The molecular weight excluding hydrogens is 360 g/mol. The molecule has 5 atom stereocenters. The zero-order valence-electron chi connectivity index (χ0n) is 17.8. The van der Waals surface area contributed by atoms with Gasteiger partial charge in [0.2, 0.25) is 0 Å². The van der Waals surface area contributed by atoms with E-state index in [9.17, 15) is 5.11 Å². The van der Waals surface area contributed by atoms with Crippen LogP contribution in [0.1, 0.15) is 62.1 Å². The maximum absolute atomic E-state index is 11.3. The topological polar surface area (TPSA) is 47.3 Å². The first kappa shape index (κ1) is 18.9. The molecule has 1 aromatic heterocycles. The number of aliphatic hydroxyl groups is 1. The van der Waals surface area contributed by atoms with Crippen LogP contribution in [0.15, 0.2) is 36.2 Å². The molecule has 2 saturated carbocycles. The summed E-state index contributed by atoms with van der Waals surface area (Å²) in [6.07, 6.45) is 11.4. The molecule has 4 nitrogen and oxygen atoms in total. The zero-order chi connectivity index (χ0) is 20.2. The Morgan fingerprint density at radius 2 is 2.21 bits per heavy atom. The number of nitrogens with zero attached hydrogens (tertiary/aromatic N) is 2. The number of aromatic nitrogens is 2. The van der Waals surface area contributed by atoms with Crippen molar-refractivity contribution in [2.75, 3.05) is 6.61 Å². The van der Waals surface area contributed by atoms with Crippen LogP contribution in [0.25, 0.3) is 6.08 Å². The minimum absolute atomic E-state index is 0.00201. The number of hydrogen-bond acceptors (Lipinski definition) is 3. The number of rotatable bonds is 3. The molecule has 1 N–H and O–H groups in total. The summed E-state index contributed by atoms with van der Waals surface area (Å²) in [5.41, 5.74) is 5.30. The molecule has 0 radical (unpaired) electrons. The third-order valence-electron chi connectivity index (χ3n) is 7.96. The molecule has 3 aliphatic carbocycles. The van der Waals surface area contributed by atoms with Crippen LogP contribution in [-0.2, 0) is 13.5 Å². The number of fused-ring (bicyclic) bond motifs is 5. The van der Waals surface area contributed by atoms with E-state index in [1.54, 1.807) is 0 Å². The van der Waals surface area contributed by atoms with Gasteiger partial charge in [-0.1, -0.05) is 19.1 Å². The second kappa shape index (κ2) is 7.02. The van der Waals surface area contributed by atoms with Gasteiger partial charge in [-0.3, -0.25) is 4.68 Å². The Balaban J connectivity index is 1.44. The Hall–Kier alpha value is -2.07. The van der Waals surface area contributed by atoms with E-state index < -0.39 is 0 Å². The lowest BCUT2D eigenvalue weighted by Crippen LogP contribution is -2.44. The lowest BCUT2D eigenvalue weighted by molar-refractivity contribution is -0.0158. The molecule has 0 bridgehead atoms. The SMILES string of the molecule is CCOc1ccc2c(c1)CC[C@@H]1[C@@H]2CC[C@]2(C)[C@@H]1C/C(=C\c1cnn(C)c1)[C@@H]2O. The Kier molecular flexibility index (Phi) is 4.58. The third-order valence-corrected chi connectivity index (χ3v) is 7.96. The van der Waals surface area contributed by atoms with Gasteiger partial charge in [0.1, 0.15) is 5.75 Å². The number of hydrogen-bond donors (Lipinski definition) is 1. The van der Waals surface area contributed by atoms with E-state index in [1.165, 1.54) is 29.5 Å².